The largest absolute Gasteiger partial charge is 0.349 e. The maximum absolute atomic E-state index is 6.90. The molecule has 2 heteroatoms. The molecular weight excluding hydrogens is 416 g/mol. The van der Waals surface area contributed by atoms with Crippen molar-refractivity contribution in [1.29, 1.82) is 0 Å². The molecule has 0 aliphatic carbocycles. The molecule has 2 nitrogen and oxygen atoms in total. The minimum Gasteiger partial charge on any atom is -0.349 e. The van der Waals surface area contributed by atoms with Crippen LogP contribution in [-0.2, 0) is 9.47 Å². The van der Waals surface area contributed by atoms with Gasteiger partial charge in [0.1, 0.15) is 0 Å². The molecule has 0 aromatic heterocycles. The van der Waals surface area contributed by atoms with E-state index >= 15 is 0 Å². The number of rotatable bonds is 21. The van der Waals surface area contributed by atoms with Gasteiger partial charge in [-0.1, -0.05) is 120 Å². The highest BCUT2D eigenvalue weighted by Crippen LogP contribution is 2.41. The lowest BCUT2D eigenvalue weighted by atomic mass is 9.80. The van der Waals surface area contributed by atoms with Gasteiger partial charge in [-0.3, -0.25) is 0 Å². The fourth-order valence-corrected chi connectivity index (χ4v) is 6.37. The predicted molar refractivity (Wildman–Crippen MR) is 150 cm³/mol. The van der Waals surface area contributed by atoms with Crippen LogP contribution in [0.15, 0.2) is 0 Å². The van der Waals surface area contributed by atoms with Crippen molar-refractivity contribution in [3.8, 4) is 0 Å². The lowest BCUT2D eigenvalue weighted by Crippen LogP contribution is -2.36. The van der Waals surface area contributed by atoms with Crippen molar-refractivity contribution < 1.29 is 9.47 Å². The first-order chi connectivity index (χ1) is 16.4. The molecule has 0 bridgehead atoms. The van der Waals surface area contributed by atoms with Gasteiger partial charge in [0, 0.05) is 5.92 Å². The van der Waals surface area contributed by atoms with Gasteiger partial charge in [-0.25, -0.2) is 0 Å². The molecule has 0 saturated carbocycles. The van der Waals surface area contributed by atoms with Crippen LogP contribution in [0.3, 0.4) is 0 Å². The van der Waals surface area contributed by atoms with Gasteiger partial charge in [0.25, 0.3) is 0 Å². The Morgan fingerprint density at radius 1 is 0.647 bits per heavy atom. The molecule has 7 unspecified atom stereocenters. The minimum atomic E-state index is -0.0589. The van der Waals surface area contributed by atoms with Crippen molar-refractivity contribution in [3.63, 3.8) is 0 Å². The fourth-order valence-electron chi connectivity index (χ4n) is 6.37. The third kappa shape index (κ3) is 10.9. The van der Waals surface area contributed by atoms with Crippen LogP contribution in [-0.4, -0.2) is 18.5 Å². The molecule has 204 valence electrons. The molecule has 0 amide bonds. The summed E-state index contributed by atoms with van der Waals surface area (Å²) in [6.45, 7) is 19.7. The van der Waals surface area contributed by atoms with Crippen LogP contribution in [0.5, 0.6) is 0 Å². The fraction of sp³-hybridized carbons (Fsp3) is 1.00. The second-order valence-corrected chi connectivity index (χ2v) is 11.8. The first kappa shape index (κ1) is 31.9. The van der Waals surface area contributed by atoms with E-state index < -0.39 is 0 Å². The monoisotopic (exact) mass is 480 g/mol. The molecular formula is C32H64O2. The van der Waals surface area contributed by atoms with Gasteiger partial charge in [-0.05, 0) is 62.2 Å². The van der Waals surface area contributed by atoms with E-state index in [0.29, 0.717) is 5.92 Å². The highest BCUT2D eigenvalue weighted by molar-refractivity contribution is 4.89. The van der Waals surface area contributed by atoms with E-state index in [0.717, 1.165) is 36.7 Å². The summed E-state index contributed by atoms with van der Waals surface area (Å²) in [5.41, 5.74) is -0.0589. The Morgan fingerprint density at radius 3 is 1.62 bits per heavy atom. The third-order valence-electron chi connectivity index (χ3n) is 9.30. The van der Waals surface area contributed by atoms with E-state index in [2.05, 4.69) is 55.4 Å². The first-order valence-electron chi connectivity index (χ1n) is 15.7. The lowest BCUT2D eigenvalue weighted by Gasteiger charge is -2.33. The standard InChI is InChI=1S/C32H64O2/c1-9-17-19-26(11-3)21-28(13-5)23-30(15-7)31-33-25-32(16-8,34-31)24-29(14-6)22-27(12-4)20-18-10-2/h26-31H,9-25H2,1-8H3. The lowest BCUT2D eigenvalue weighted by molar-refractivity contribution is -0.133. The highest BCUT2D eigenvalue weighted by Gasteiger charge is 2.44. The average molecular weight is 481 g/mol. The first-order valence-corrected chi connectivity index (χ1v) is 15.7. The van der Waals surface area contributed by atoms with Gasteiger partial charge in [0.2, 0.25) is 0 Å². The van der Waals surface area contributed by atoms with E-state index in [1.165, 1.54) is 96.3 Å². The smallest absolute Gasteiger partial charge is 0.161 e. The predicted octanol–water partition coefficient (Wildman–Crippen LogP) is 10.6. The number of hydrogen-bond donors (Lipinski definition) is 0. The zero-order valence-electron chi connectivity index (χ0n) is 24.8. The van der Waals surface area contributed by atoms with Crippen molar-refractivity contribution in [1.82, 2.24) is 0 Å². The summed E-state index contributed by atoms with van der Waals surface area (Å²) in [6, 6.07) is 0. The van der Waals surface area contributed by atoms with E-state index in [4.69, 9.17) is 9.47 Å². The van der Waals surface area contributed by atoms with E-state index in [1.807, 2.05) is 0 Å². The molecule has 1 rings (SSSR count). The van der Waals surface area contributed by atoms with Crippen LogP contribution in [0.2, 0.25) is 0 Å². The van der Waals surface area contributed by atoms with Crippen molar-refractivity contribution >= 4 is 0 Å². The summed E-state index contributed by atoms with van der Waals surface area (Å²) in [5, 5.41) is 0. The normalized spacial score (nSPS) is 25.2. The number of unbranched alkanes of at least 4 members (excludes halogenated alkanes) is 2. The molecule has 34 heavy (non-hydrogen) atoms. The Labute approximate surface area is 215 Å². The maximum atomic E-state index is 6.90. The van der Waals surface area contributed by atoms with Gasteiger partial charge in [0.05, 0.1) is 12.2 Å². The maximum Gasteiger partial charge on any atom is 0.161 e. The van der Waals surface area contributed by atoms with Crippen LogP contribution in [0, 0.1) is 29.6 Å². The molecule has 1 heterocycles. The number of hydrogen-bond acceptors (Lipinski definition) is 2. The van der Waals surface area contributed by atoms with Gasteiger partial charge >= 0.3 is 0 Å². The van der Waals surface area contributed by atoms with Gasteiger partial charge < -0.3 is 9.47 Å². The molecule has 0 aromatic rings. The molecule has 0 spiro atoms. The second kappa shape index (κ2) is 18.2. The summed E-state index contributed by atoms with van der Waals surface area (Å²) in [6.07, 6.45) is 20.9. The van der Waals surface area contributed by atoms with E-state index in [9.17, 15) is 0 Å². The van der Waals surface area contributed by atoms with Crippen LogP contribution in [0.4, 0.5) is 0 Å². The Morgan fingerprint density at radius 2 is 1.18 bits per heavy atom. The Kier molecular flexibility index (Phi) is 17.1. The molecule has 1 fully saturated rings. The molecule has 1 aliphatic heterocycles. The van der Waals surface area contributed by atoms with Crippen molar-refractivity contribution in [2.24, 2.45) is 29.6 Å². The molecule has 0 aromatic carbocycles. The summed E-state index contributed by atoms with van der Waals surface area (Å²) in [4.78, 5) is 0. The molecule has 0 radical (unpaired) electrons. The summed E-state index contributed by atoms with van der Waals surface area (Å²) in [5.74, 6) is 3.88. The van der Waals surface area contributed by atoms with Crippen molar-refractivity contribution in [3.05, 3.63) is 0 Å². The summed E-state index contributed by atoms with van der Waals surface area (Å²) >= 11 is 0. The SMILES string of the molecule is CCCCC(CC)CC(CC)CC(CC)C1OCC(CC)(CC(CC)CC(CC)CCCC)O1. The topological polar surface area (TPSA) is 18.5 Å². The second-order valence-electron chi connectivity index (χ2n) is 11.8. The zero-order valence-corrected chi connectivity index (χ0v) is 24.8. The summed E-state index contributed by atoms with van der Waals surface area (Å²) in [7, 11) is 0. The molecule has 1 aliphatic rings. The van der Waals surface area contributed by atoms with E-state index in [1.54, 1.807) is 0 Å². The number of ether oxygens (including phenoxy) is 2. The van der Waals surface area contributed by atoms with Gasteiger partial charge in [-0.2, -0.15) is 0 Å². The Hall–Kier alpha value is -0.0800. The van der Waals surface area contributed by atoms with Gasteiger partial charge in [-0.15, -0.1) is 0 Å². The van der Waals surface area contributed by atoms with Crippen LogP contribution < -0.4 is 0 Å². The molecule has 1 saturated heterocycles. The Balaban J connectivity index is 2.74. The zero-order chi connectivity index (χ0) is 25.4. The highest BCUT2D eigenvalue weighted by atomic mass is 16.7. The van der Waals surface area contributed by atoms with Crippen LogP contribution in [0.1, 0.15) is 158 Å². The van der Waals surface area contributed by atoms with Crippen molar-refractivity contribution in [2.45, 2.75) is 170 Å². The van der Waals surface area contributed by atoms with Crippen molar-refractivity contribution in [2.75, 3.05) is 6.61 Å². The van der Waals surface area contributed by atoms with Crippen LogP contribution in [0.25, 0.3) is 0 Å². The molecule has 7 atom stereocenters. The molecule has 0 N–H and O–H groups in total. The quantitative estimate of drug-likeness (QED) is 0.163. The minimum absolute atomic E-state index is 0.00860. The van der Waals surface area contributed by atoms with Gasteiger partial charge in [0.15, 0.2) is 6.29 Å². The Bertz CT molecular complexity index is 478. The average Bonchev–Trinajstić information content (AvgIpc) is 3.29. The third-order valence-corrected chi connectivity index (χ3v) is 9.30. The van der Waals surface area contributed by atoms with E-state index in [-0.39, 0.29) is 11.9 Å². The summed E-state index contributed by atoms with van der Waals surface area (Å²) < 4.78 is 13.4. The van der Waals surface area contributed by atoms with Crippen LogP contribution >= 0.6 is 0 Å².